The van der Waals surface area contributed by atoms with E-state index >= 15 is 0 Å². The van der Waals surface area contributed by atoms with Crippen molar-refractivity contribution >= 4 is 17.2 Å². The van der Waals surface area contributed by atoms with Crippen LogP contribution in [0.3, 0.4) is 0 Å². The Morgan fingerprint density at radius 3 is 2.79 bits per heavy atom. The first-order valence-corrected chi connectivity index (χ1v) is 9.36. The summed E-state index contributed by atoms with van der Waals surface area (Å²) in [5, 5.41) is 16.8. The molecule has 1 aliphatic heterocycles. The molecular formula is C19H24N2O2S. The minimum Gasteiger partial charge on any atom is -0.396 e. The van der Waals surface area contributed by atoms with Crippen LogP contribution in [-0.2, 0) is 17.8 Å². The number of rotatable bonds is 6. The number of hydrogen-bond acceptors (Lipinski definition) is 4. The van der Waals surface area contributed by atoms with Crippen LogP contribution < -0.4 is 5.32 Å². The zero-order chi connectivity index (χ0) is 16.8. The molecule has 0 spiro atoms. The summed E-state index contributed by atoms with van der Waals surface area (Å²) in [6.07, 6.45) is 1.32. The molecule has 4 nitrogen and oxygen atoms in total. The Hall–Kier alpha value is -1.69. The van der Waals surface area contributed by atoms with E-state index in [1.165, 1.54) is 5.56 Å². The molecule has 0 saturated carbocycles. The summed E-state index contributed by atoms with van der Waals surface area (Å²) in [5.74, 6) is 0.182. The second-order valence-corrected chi connectivity index (χ2v) is 7.21. The van der Waals surface area contributed by atoms with Gasteiger partial charge in [-0.1, -0.05) is 30.3 Å². The predicted molar refractivity (Wildman–Crippen MR) is 96.9 cm³/mol. The summed E-state index contributed by atoms with van der Waals surface area (Å²) in [4.78, 5) is 14.7. The van der Waals surface area contributed by atoms with Crippen molar-refractivity contribution in [2.24, 2.45) is 5.92 Å². The van der Waals surface area contributed by atoms with Crippen molar-refractivity contribution in [1.82, 2.24) is 10.2 Å². The van der Waals surface area contributed by atoms with E-state index in [9.17, 15) is 9.90 Å². The van der Waals surface area contributed by atoms with E-state index in [2.05, 4.69) is 34.5 Å². The smallest absolute Gasteiger partial charge is 0.224 e. The third-order valence-corrected chi connectivity index (χ3v) is 5.35. The number of nitrogens with zero attached hydrogens (tertiary/aromatic N) is 1. The SMILES string of the molecule is O=C(Cc1ccsc1)N[C@H]1CN(Cc2ccccc2)CC[C@@H]1CO. The largest absolute Gasteiger partial charge is 0.396 e. The first-order chi connectivity index (χ1) is 11.7. The van der Waals surface area contributed by atoms with Crippen molar-refractivity contribution in [2.75, 3.05) is 19.7 Å². The van der Waals surface area contributed by atoms with Crippen molar-refractivity contribution in [3.05, 3.63) is 58.3 Å². The van der Waals surface area contributed by atoms with Crippen LogP contribution in [0.5, 0.6) is 0 Å². The summed E-state index contributed by atoms with van der Waals surface area (Å²) < 4.78 is 0. The molecule has 1 saturated heterocycles. The fourth-order valence-electron chi connectivity index (χ4n) is 3.27. The Kier molecular flexibility index (Phi) is 6.01. The van der Waals surface area contributed by atoms with E-state index < -0.39 is 0 Å². The standard InChI is InChI=1S/C19H24N2O2S/c22-13-17-6-8-21(11-15-4-2-1-3-5-15)12-18(17)20-19(23)10-16-7-9-24-14-16/h1-5,7,9,14,17-18,22H,6,8,10-13H2,(H,20,23)/t17-,18+/m1/s1. The van der Waals surface area contributed by atoms with E-state index in [1.807, 2.05) is 22.9 Å². The third-order valence-electron chi connectivity index (χ3n) is 4.61. The van der Waals surface area contributed by atoms with Gasteiger partial charge < -0.3 is 10.4 Å². The first-order valence-electron chi connectivity index (χ1n) is 8.42. The average Bonchev–Trinajstić information content (AvgIpc) is 3.09. The van der Waals surface area contributed by atoms with E-state index in [0.717, 1.165) is 31.6 Å². The maximum absolute atomic E-state index is 12.3. The van der Waals surface area contributed by atoms with Crippen molar-refractivity contribution in [3.8, 4) is 0 Å². The summed E-state index contributed by atoms with van der Waals surface area (Å²) >= 11 is 1.61. The molecule has 24 heavy (non-hydrogen) atoms. The number of nitrogens with one attached hydrogen (secondary N) is 1. The van der Waals surface area contributed by atoms with Gasteiger partial charge in [0.15, 0.2) is 0 Å². The number of piperidine rings is 1. The summed E-state index contributed by atoms with van der Waals surface area (Å²) in [6, 6.07) is 12.4. The van der Waals surface area contributed by atoms with Gasteiger partial charge in [0.05, 0.1) is 6.42 Å². The second-order valence-electron chi connectivity index (χ2n) is 6.43. The molecule has 3 rings (SSSR count). The highest BCUT2D eigenvalue weighted by atomic mass is 32.1. The zero-order valence-electron chi connectivity index (χ0n) is 13.7. The molecule has 0 aliphatic carbocycles. The quantitative estimate of drug-likeness (QED) is 0.845. The lowest BCUT2D eigenvalue weighted by Crippen LogP contribution is -2.53. The predicted octanol–water partition coefficient (Wildman–Crippen LogP) is 2.29. The first kappa shape index (κ1) is 17.1. The highest BCUT2D eigenvalue weighted by Crippen LogP contribution is 2.20. The molecule has 5 heteroatoms. The van der Waals surface area contributed by atoms with Gasteiger partial charge in [0.25, 0.3) is 0 Å². The van der Waals surface area contributed by atoms with Gasteiger partial charge in [-0.05, 0) is 40.9 Å². The van der Waals surface area contributed by atoms with Crippen molar-refractivity contribution in [1.29, 1.82) is 0 Å². The van der Waals surface area contributed by atoms with Crippen LogP contribution in [0.15, 0.2) is 47.2 Å². The minimum atomic E-state index is 0.0126. The normalized spacial score (nSPS) is 21.5. The summed E-state index contributed by atoms with van der Waals surface area (Å²) in [7, 11) is 0. The van der Waals surface area contributed by atoms with Gasteiger partial charge in [0.1, 0.15) is 0 Å². The maximum atomic E-state index is 12.3. The topological polar surface area (TPSA) is 52.6 Å². The van der Waals surface area contributed by atoms with E-state index in [-0.39, 0.29) is 24.5 Å². The summed E-state index contributed by atoms with van der Waals surface area (Å²) in [6.45, 7) is 2.75. The molecule has 1 aromatic carbocycles. The van der Waals surface area contributed by atoms with Crippen molar-refractivity contribution < 1.29 is 9.90 Å². The molecule has 1 aliphatic rings. The monoisotopic (exact) mass is 344 g/mol. The van der Waals surface area contributed by atoms with Crippen LogP contribution in [0, 0.1) is 5.92 Å². The molecule has 0 bridgehead atoms. The lowest BCUT2D eigenvalue weighted by atomic mass is 9.91. The third kappa shape index (κ3) is 4.66. The van der Waals surface area contributed by atoms with Crippen molar-refractivity contribution in [3.63, 3.8) is 0 Å². The number of thiophene rings is 1. The number of aliphatic hydroxyl groups excluding tert-OH is 1. The van der Waals surface area contributed by atoms with E-state index in [1.54, 1.807) is 11.3 Å². The van der Waals surface area contributed by atoms with Crippen LogP contribution in [-0.4, -0.2) is 41.7 Å². The average molecular weight is 344 g/mol. The number of hydrogen-bond donors (Lipinski definition) is 2. The highest BCUT2D eigenvalue weighted by Gasteiger charge is 2.29. The van der Waals surface area contributed by atoms with Crippen LogP contribution in [0.25, 0.3) is 0 Å². The molecule has 128 valence electrons. The van der Waals surface area contributed by atoms with Gasteiger partial charge in [0, 0.05) is 31.7 Å². The fraction of sp³-hybridized carbons (Fsp3) is 0.421. The molecule has 1 amide bonds. The number of carbonyl (C=O) groups excluding carboxylic acids is 1. The Bertz CT molecular complexity index is 630. The second kappa shape index (κ2) is 8.42. The van der Waals surface area contributed by atoms with Crippen molar-refractivity contribution in [2.45, 2.75) is 25.4 Å². The molecule has 2 heterocycles. The van der Waals surface area contributed by atoms with Crippen LogP contribution in [0.2, 0.25) is 0 Å². The van der Waals surface area contributed by atoms with E-state index in [0.29, 0.717) is 6.42 Å². The Morgan fingerprint density at radius 1 is 1.25 bits per heavy atom. The maximum Gasteiger partial charge on any atom is 0.224 e. The number of carbonyl (C=O) groups is 1. The van der Waals surface area contributed by atoms with Crippen LogP contribution >= 0.6 is 11.3 Å². The molecule has 2 N–H and O–H groups in total. The van der Waals surface area contributed by atoms with Crippen LogP contribution in [0.1, 0.15) is 17.5 Å². The van der Waals surface area contributed by atoms with Crippen LogP contribution in [0.4, 0.5) is 0 Å². The van der Waals surface area contributed by atoms with Gasteiger partial charge in [-0.25, -0.2) is 0 Å². The molecule has 0 unspecified atom stereocenters. The summed E-state index contributed by atoms with van der Waals surface area (Å²) in [5.41, 5.74) is 2.33. The number of aliphatic hydroxyl groups is 1. The molecule has 2 atom stereocenters. The molecule has 0 radical (unpaired) electrons. The number of likely N-dealkylation sites (tertiary alicyclic amines) is 1. The molecule has 2 aromatic rings. The Labute approximate surface area is 147 Å². The van der Waals surface area contributed by atoms with Gasteiger partial charge in [-0.2, -0.15) is 11.3 Å². The number of benzene rings is 1. The van der Waals surface area contributed by atoms with Gasteiger partial charge >= 0.3 is 0 Å². The molecule has 1 aromatic heterocycles. The van der Waals surface area contributed by atoms with Gasteiger partial charge in [-0.15, -0.1) is 0 Å². The fourth-order valence-corrected chi connectivity index (χ4v) is 3.94. The number of amides is 1. The minimum absolute atomic E-state index is 0.0126. The van der Waals surface area contributed by atoms with Gasteiger partial charge in [-0.3, -0.25) is 9.69 Å². The Balaban J connectivity index is 1.57. The lowest BCUT2D eigenvalue weighted by molar-refractivity contribution is -0.122. The molecule has 1 fully saturated rings. The van der Waals surface area contributed by atoms with Gasteiger partial charge in [0.2, 0.25) is 5.91 Å². The Morgan fingerprint density at radius 2 is 2.08 bits per heavy atom. The lowest BCUT2D eigenvalue weighted by Gasteiger charge is -2.38. The van der Waals surface area contributed by atoms with E-state index in [4.69, 9.17) is 0 Å². The molecular weight excluding hydrogens is 320 g/mol. The highest BCUT2D eigenvalue weighted by molar-refractivity contribution is 7.07. The zero-order valence-corrected chi connectivity index (χ0v) is 14.5.